The molecule has 1 unspecified atom stereocenters. The van der Waals surface area contributed by atoms with Crippen molar-refractivity contribution in [2.24, 2.45) is 0 Å². The fraction of sp³-hybridized carbons (Fsp3) is 0.269. The van der Waals surface area contributed by atoms with E-state index < -0.39 is 0 Å². The number of benzene rings is 3. The van der Waals surface area contributed by atoms with Crippen LogP contribution in [-0.4, -0.2) is 23.3 Å². The first kappa shape index (κ1) is 20.0. The standard InChI is InChI=1S/C26H28N2O2/c1-4-19(2)20-9-15-23(16-10-20)30-18-17-28-25-8-6-5-7-24(25)27-26(28)21-11-13-22(29-3)14-12-21/h5-16,19H,4,17-18H2,1-3H3. The maximum atomic E-state index is 6.06. The van der Waals surface area contributed by atoms with Crippen molar-refractivity contribution in [3.8, 4) is 22.9 Å². The van der Waals surface area contributed by atoms with Crippen LogP contribution in [0.2, 0.25) is 0 Å². The Hall–Kier alpha value is -3.27. The zero-order valence-corrected chi connectivity index (χ0v) is 17.8. The Kier molecular flexibility index (Phi) is 6.03. The fourth-order valence-corrected chi connectivity index (χ4v) is 3.65. The molecule has 0 N–H and O–H groups in total. The van der Waals surface area contributed by atoms with Crippen LogP contribution >= 0.6 is 0 Å². The van der Waals surface area contributed by atoms with Gasteiger partial charge in [-0.1, -0.05) is 38.1 Å². The molecule has 1 heterocycles. The van der Waals surface area contributed by atoms with Crippen LogP contribution in [0.5, 0.6) is 11.5 Å². The predicted octanol–water partition coefficient (Wildman–Crippen LogP) is 6.30. The van der Waals surface area contributed by atoms with Crippen LogP contribution in [-0.2, 0) is 6.54 Å². The SMILES string of the molecule is CCC(C)c1ccc(OCCn2c(-c3ccc(OC)cc3)nc3ccccc32)cc1. The minimum absolute atomic E-state index is 0.573. The summed E-state index contributed by atoms with van der Waals surface area (Å²) in [5.41, 5.74) is 4.51. The van der Waals surface area contributed by atoms with E-state index >= 15 is 0 Å². The summed E-state index contributed by atoms with van der Waals surface area (Å²) in [4.78, 5) is 4.87. The lowest BCUT2D eigenvalue weighted by Crippen LogP contribution is -2.09. The molecule has 4 nitrogen and oxygen atoms in total. The number of ether oxygens (including phenoxy) is 2. The summed E-state index contributed by atoms with van der Waals surface area (Å²) in [5.74, 6) is 3.25. The van der Waals surface area contributed by atoms with Crippen molar-refractivity contribution in [2.45, 2.75) is 32.7 Å². The summed E-state index contributed by atoms with van der Waals surface area (Å²) in [6.07, 6.45) is 1.14. The van der Waals surface area contributed by atoms with Crippen LogP contribution in [0.25, 0.3) is 22.4 Å². The quantitative estimate of drug-likeness (QED) is 0.348. The van der Waals surface area contributed by atoms with Gasteiger partial charge in [0.15, 0.2) is 0 Å². The maximum Gasteiger partial charge on any atom is 0.141 e. The number of aromatic nitrogens is 2. The maximum absolute atomic E-state index is 6.06. The molecule has 4 rings (SSSR count). The lowest BCUT2D eigenvalue weighted by Gasteiger charge is -2.13. The summed E-state index contributed by atoms with van der Waals surface area (Å²) in [6.45, 7) is 5.76. The van der Waals surface area contributed by atoms with Gasteiger partial charge in [-0.05, 0) is 66.4 Å². The second-order valence-electron chi connectivity index (χ2n) is 7.53. The smallest absolute Gasteiger partial charge is 0.141 e. The largest absolute Gasteiger partial charge is 0.497 e. The van der Waals surface area contributed by atoms with E-state index in [1.807, 2.05) is 42.5 Å². The summed E-state index contributed by atoms with van der Waals surface area (Å²) < 4.78 is 13.6. The van der Waals surface area contributed by atoms with E-state index in [4.69, 9.17) is 14.5 Å². The zero-order valence-electron chi connectivity index (χ0n) is 17.8. The zero-order chi connectivity index (χ0) is 20.9. The van der Waals surface area contributed by atoms with Gasteiger partial charge in [-0.3, -0.25) is 0 Å². The molecule has 0 radical (unpaired) electrons. The Morgan fingerprint density at radius 3 is 2.30 bits per heavy atom. The lowest BCUT2D eigenvalue weighted by molar-refractivity contribution is 0.300. The molecule has 0 saturated heterocycles. The van der Waals surface area contributed by atoms with Gasteiger partial charge in [0.25, 0.3) is 0 Å². The molecule has 0 saturated carbocycles. The van der Waals surface area contributed by atoms with Crippen LogP contribution in [0, 0.1) is 0 Å². The van der Waals surface area contributed by atoms with Crippen molar-refractivity contribution in [1.29, 1.82) is 0 Å². The van der Waals surface area contributed by atoms with E-state index in [9.17, 15) is 0 Å². The third-order valence-corrected chi connectivity index (χ3v) is 5.65. The van der Waals surface area contributed by atoms with Gasteiger partial charge in [0.2, 0.25) is 0 Å². The molecule has 0 aliphatic carbocycles. The Morgan fingerprint density at radius 2 is 1.60 bits per heavy atom. The van der Waals surface area contributed by atoms with E-state index in [0.29, 0.717) is 12.5 Å². The minimum atomic E-state index is 0.573. The lowest BCUT2D eigenvalue weighted by atomic mass is 9.99. The van der Waals surface area contributed by atoms with Gasteiger partial charge in [0, 0.05) is 5.56 Å². The van der Waals surface area contributed by atoms with E-state index in [-0.39, 0.29) is 0 Å². The molecule has 0 fully saturated rings. The molecule has 30 heavy (non-hydrogen) atoms. The predicted molar refractivity (Wildman–Crippen MR) is 122 cm³/mol. The molecule has 0 aliphatic heterocycles. The summed E-state index contributed by atoms with van der Waals surface area (Å²) in [5, 5.41) is 0. The highest BCUT2D eigenvalue weighted by atomic mass is 16.5. The Balaban J connectivity index is 1.54. The summed E-state index contributed by atoms with van der Waals surface area (Å²) >= 11 is 0. The highest BCUT2D eigenvalue weighted by Gasteiger charge is 2.13. The fourth-order valence-electron chi connectivity index (χ4n) is 3.65. The second-order valence-corrected chi connectivity index (χ2v) is 7.53. The summed E-state index contributed by atoms with van der Waals surface area (Å²) in [7, 11) is 1.68. The highest BCUT2D eigenvalue weighted by molar-refractivity contribution is 5.80. The van der Waals surface area contributed by atoms with Gasteiger partial charge in [0.05, 0.1) is 24.7 Å². The van der Waals surface area contributed by atoms with Crippen molar-refractivity contribution >= 4 is 11.0 Å². The van der Waals surface area contributed by atoms with Crippen molar-refractivity contribution in [2.75, 3.05) is 13.7 Å². The van der Waals surface area contributed by atoms with Crippen molar-refractivity contribution in [1.82, 2.24) is 9.55 Å². The van der Waals surface area contributed by atoms with Gasteiger partial charge in [0.1, 0.15) is 23.9 Å². The highest BCUT2D eigenvalue weighted by Crippen LogP contribution is 2.27. The van der Waals surface area contributed by atoms with Crippen molar-refractivity contribution in [3.63, 3.8) is 0 Å². The minimum Gasteiger partial charge on any atom is -0.497 e. The molecule has 154 valence electrons. The number of rotatable bonds is 8. The third kappa shape index (κ3) is 4.18. The number of fused-ring (bicyclic) bond motifs is 1. The number of para-hydroxylation sites is 2. The number of imidazole rings is 1. The molecule has 0 amide bonds. The molecular formula is C26H28N2O2. The summed E-state index contributed by atoms with van der Waals surface area (Å²) in [6, 6.07) is 24.7. The Morgan fingerprint density at radius 1 is 0.900 bits per heavy atom. The molecule has 0 bridgehead atoms. The van der Waals surface area contributed by atoms with Gasteiger partial charge < -0.3 is 14.0 Å². The van der Waals surface area contributed by atoms with Crippen LogP contribution < -0.4 is 9.47 Å². The van der Waals surface area contributed by atoms with E-state index in [1.165, 1.54) is 5.56 Å². The molecule has 1 aromatic heterocycles. The molecule has 0 spiro atoms. The average Bonchev–Trinajstić information content (AvgIpc) is 3.17. The molecule has 1 atom stereocenters. The van der Waals surface area contributed by atoms with Gasteiger partial charge >= 0.3 is 0 Å². The number of hydrogen-bond donors (Lipinski definition) is 0. The molecule has 4 heteroatoms. The van der Waals surface area contributed by atoms with E-state index in [1.54, 1.807) is 7.11 Å². The normalized spacial score (nSPS) is 12.1. The first-order valence-corrected chi connectivity index (χ1v) is 10.5. The first-order valence-electron chi connectivity index (χ1n) is 10.5. The second kappa shape index (κ2) is 9.04. The molecule has 3 aromatic carbocycles. The van der Waals surface area contributed by atoms with Crippen LogP contribution in [0.4, 0.5) is 0 Å². The van der Waals surface area contributed by atoms with Crippen LogP contribution in [0.15, 0.2) is 72.8 Å². The van der Waals surface area contributed by atoms with Crippen LogP contribution in [0.1, 0.15) is 31.7 Å². The van der Waals surface area contributed by atoms with Gasteiger partial charge in [-0.15, -0.1) is 0 Å². The van der Waals surface area contributed by atoms with Gasteiger partial charge in [-0.2, -0.15) is 0 Å². The average molecular weight is 401 g/mol. The van der Waals surface area contributed by atoms with E-state index in [2.05, 4.69) is 48.7 Å². The third-order valence-electron chi connectivity index (χ3n) is 5.65. The topological polar surface area (TPSA) is 36.3 Å². The number of hydrogen-bond acceptors (Lipinski definition) is 3. The van der Waals surface area contributed by atoms with Crippen molar-refractivity contribution in [3.05, 3.63) is 78.4 Å². The molecular weight excluding hydrogens is 372 g/mol. The molecule has 4 aromatic rings. The number of methoxy groups -OCH3 is 1. The molecule has 0 aliphatic rings. The van der Waals surface area contributed by atoms with Crippen LogP contribution in [0.3, 0.4) is 0 Å². The monoisotopic (exact) mass is 400 g/mol. The van der Waals surface area contributed by atoms with E-state index in [0.717, 1.165) is 46.9 Å². The number of nitrogens with zero attached hydrogens (tertiary/aromatic N) is 2. The first-order chi connectivity index (χ1) is 14.7. The van der Waals surface area contributed by atoms with Crippen molar-refractivity contribution < 1.29 is 9.47 Å². The Labute approximate surface area is 178 Å². The Bertz CT molecular complexity index is 1100. The van der Waals surface area contributed by atoms with Gasteiger partial charge in [-0.25, -0.2) is 4.98 Å².